The van der Waals surface area contributed by atoms with Gasteiger partial charge < -0.3 is 54.5 Å². The normalized spacial score (nSPS) is 15.4. The molecule has 1 fully saturated rings. The molecule has 1 aliphatic heterocycles. The van der Waals surface area contributed by atoms with Crippen LogP contribution in [-0.4, -0.2) is 95.5 Å². The zero-order valence-corrected chi connectivity index (χ0v) is 32.8. The average molecular weight is 785 g/mol. The molecular formula is C47H52N4O7. The van der Waals surface area contributed by atoms with Gasteiger partial charge in [0.2, 0.25) is 0 Å². The number of rotatable bonds is 18. The lowest BCUT2D eigenvalue weighted by Gasteiger charge is -2.33. The smallest absolute Gasteiger partial charge is 0.164 e. The highest BCUT2D eigenvalue weighted by atomic mass is 16.5. The first-order chi connectivity index (χ1) is 28.4. The number of likely N-dealkylation sites (tertiary alicyclic amines) is 1. The molecule has 0 aliphatic carbocycles. The standard InChI is InChI=1S/C47H52N4O7/c1-55-44-27-33(52)14-17-43(44)56-25-22-49-46(42(54)26-32-8-7-12-37-36-11-5-6-13-41(36)50-45(32)37)39-15-16-40-38(18-21-48-40)47(39)58-30-34(53)28-51-23-19-31(20-24-51)29-57-35-9-3-2-4-10-35/h2-18,21,27,31,34,42,46,48-50,52-54H,19-20,22-26,28-30H2,1H3. The number of H-pyrrole nitrogens is 2. The number of fused-ring (bicyclic) bond motifs is 4. The summed E-state index contributed by atoms with van der Waals surface area (Å²) < 4.78 is 24.1. The van der Waals surface area contributed by atoms with Gasteiger partial charge in [-0.05, 0) is 79.9 Å². The van der Waals surface area contributed by atoms with Gasteiger partial charge >= 0.3 is 0 Å². The molecular weight excluding hydrogens is 733 g/mol. The number of aromatic nitrogens is 2. The molecule has 3 heterocycles. The molecule has 11 nitrogen and oxygen atoms in total. The minimum absolute atomic E-state index is 0.0856. The number of nitrogens with one attached hydrogen (secondary N) is 3. The number of piperidine rings is 1. The van der Waals surface area contributed by atoms with Crippen molar-refractivity contribution in [2.75, 3.05) is 53.1 Å². The van der Waals surface area contributed by atoms with Crippen LogP contribution in [0.5, 0.6) is 28.7 Å². The van der Waals surface area contributed by atoms with E-state index in [4.69, 9.17) is 18.9 Å². The molecule has 11 heteroatoms. The van der Waals surface area contributed by atoms with E-state index < -0.39 is 18.2 Å². The monoisotopic (exact) mass is 784 g/mol. The fraction of sp³-hybridized carbons (Fsp3) is 0.319. The van der Waals surface area contributed by atoms with Crippen LogP contribution >= 0.6 is 0 Å². The van der Waals surface area contributed by atoms with E-state index in [2.05, 4.69) is 44.5 Å². The number of β-amino-alcohol motifs (C(OH)–C–C–N with tert-alkyl or cyclic N) is 1. The van der Waals surface area contributed by atoms with Gasteiger partial charge in [0.1, 0.15) is 36.6 Å². The Morgan fingerprint density at radius 3 is 2.45 bits per heavy atom. The minimum Gasteiger partial charge on any atom is -0.508 e. The van der Waals surface area contributed by atoms with Crippen molar-refractivity contribution in [1.82, 2.24) is 20.2 Å². The van der Waals surface area contributed by atoms with Gasteiger partial charge in [-0.2, -0.15) is 0 Å². The van der Waals surface area contributed by atoms with Crippen molar-refractivity contribution in [1.29, 1.82) is 0 Å². The zero-order valence-electron chi connectivity index (χ0n) is 32.8. The van der Waals surface area contributed by atoms with E-state index >= 15 is 0 Å². The van der Waals surface area contributed by atoms with Gasteiger partial charge in [0, 0.05) is 70.0 Å². The van der Waals surface area contributed by atoms with Crippen molar-refractivity contribution in [3.63, 3.8) is 0 Å². The molecule has 0 amide bonds. The van der Waals surface area contributed by atoms with E-state index in [-0.39, 0.29) is 19.0 Å². The molecule has 58 heavy (non-hydrogen) atoms. The third kappa shape index (κ3) is 9.03. The highest BCUT2D eigenvalue weighted by molar-refractivity contribution is 6.08. The third-order valence-electron chi connectivity index (χ3n) is 11.2. The molecule has 0 saturated carbocycles. The van der Waals surface area contributed by atoms with Crippen LogP contribution in [0.2, 0.25) is 0 Å². The molecule has 5 aromatic carbocycles. The van der Waals surface area contributed by atoms with Crippen LogP contribution in [0.1, 0.15) is 30.0 Å². The Kier molecular flexibility index (Phi) is 12.3. The molecule has 0 radical (unpaired) electrons. The summed E-state index contributed by atoms with van der Waals surface area (Å²) in [7, 11) is 1.53. The second-order valence-electron chi connectivity index (χ2n) is 15.2. The number of aromatic amines is 2. The Labute approximate surface area is 338 Å². The Balaban J connectivity index is 0.987. The van der Waals surface area contributed by atoms with E-state index in [1.54, 1.807) is 12.1 Å². The summed E-state index contributed by atoms with van der Waals surface area (Å²) in [6.07, 6.45) is 2.65. The van der Waals surface area contributed by atoms with Gasteiger partial charge in [-0.1, -0.05) is 60.7 Å². The molecule has 3 atom stereocenters. The van der Waals surface area contributed by atoms with Gasteiger partial charge in [0.15, 0.2) is 11.5 Å². The third-order valence-corrected chi connectivity index (χ3v) is 11.2. The summed E-state index contributed by atoms with van der Waals surface area (Å²) in [5, 5.41) is 40.2. The molecule has 8 rings (SSSR count). The molecule has 1 saturated heterocycles. The second-order valence-corrected chi connectivity index (χ2v) is 15.2. The van der Waals surface area contributed by atoms with E-state index in [9.17, 15) is 15.3 Å². The second kappa shape index (κ2) is 18.3. The Hall–Kier alpha value is -5.72. The molecule has 302 valence electrons. The zero-order chi connectivity index (χ0) is 39.8. The van der Waals surface area contributed by atoms with Crippen molar-refractivity contribution in [2.24, 2.45) is 5.92 Å². The fourth-order valence-electron chi connectivity index (χ4n) is 8.18. The number of benzene rings is 5. The number of hydrogen-bond donors (Lipinski definition) is 6. The van der Waals surface area contributed by atoms with Gasteiger partial charge in [-0.25, -0.2) is 0 Å². The maximum atomic E-state index is 12.3. The number of hydrogen-bond acceptors (Lipinski definition) is 9. The maximum absolute atomic E-state index is 12.3. The number of aliphatic hydroxyl groups is 2. The first-order valence-electron chi connectivity index (χ1n) is 20.1. The topological polar surface area (TPSA) is 144 Å². The molecule has 3 unspecified atom stereocenters. The van der Waals surface area contributed by atoms with Gasteiger partial charge in [-0.3, -0.25) is 0 Å². The lowest BCUT2D eigenvalue weighted by atomic mass is 9.93. The predicted molar refractivity (Wildman–Crippen MR) is 227 cm³/mol. The van der Waals surface area contributed by atoms with Crippen LogP contribution in [0.15, 0.2) is 115 Å². The largest absolute Gasteiger partial charge is 0.508 e. The molecule has 6 N–H and O–H groups in total. The molecule has 2 aromatic heterocycles. The molecule has 1 aliphatic rings. The van der Waals surface area contributed by atoms with E-state index in [1.807, 2.05) is 72.9 Å². The fourth-order valence-corrected chi connectivity index (χ4v) is 8.18. The Morgan fingerprint density at radius 1 is 0.793 bits per heavy atom. The average Bonchev–Trinajstić information content (AvgIpc) is 3.89. The van der Waals surface area contributed by atoms with Crippen LogP contribution in [0.3, 0.4) is 0 Å². The number of phenolic OH excluding ortho intramolecular Hbond substituents is 1. The molecule has 0 bridgehead atoms. The van der Waals surface area contributed by atoms with Crippen LogP contribution < -0.4 is 24.3 Å². The highest BCUT2D eigenvalue weighted by Crippen LogP contribution is 2.37. The van der Waals surface area contributed by atoms with Crippen molar-refractivity contribution >= 4 is 32.7 Å². The minimum atomic E-state index is -0.879. The lowest BCUT2D eigenvalue weighted by molar-refractivity contribution is 0.0498. The van der Waals surface area contributed by atoms with E-state index in [0.29, 0.717) is 49.3 Å². The SMILES string of the molecule is COc1cc(O)ccc1OCCNC(c1ccc2[nH]ccc2c1OCC(O)CN1CCC(COc2ccccc2)CC1)C(O)Cc1cccc2c1[nH]c1ccccc12. The number of para-hydroxylation sites is 3. The Morgan fingerprint density at radius 2 is 1.60 bits per heavy atom. The van der Waals surface area contributed by atoms with Crippen LogP contribution in [0.25, 0.3) is 32.7 Å². The predicted octanol–water partition coefficient (Wildman–Crippen LogP) is 7.36. The summed E-state index contributed by atoms with van der Waals surface area (Å²) in [6.45, 7) is 3.70. The summed E-state index contributed by atoms with van der Waals surface area (Å²) >= 11 is 0. The van der Waals surface area contributed by atoms with Gasteiger partial charge in [0.05, 0.1) is 25.9 Å². The van der Waals surface area contributed by atoms with E-state index in [1.165, 1.54) is 13.2 Å². The quantitative estimate of drug-likeness (QED) is 0.0492. The lowest BCUT2D eigenvalue weighted by Crippen LogP contribution is -2.41. The number of ether oxygens (including phenoxy) is 4. The first kappa shape index (κ1) is 39.1. The van der Waals surface area contributed by atoms with Crippen molar-refractivity contribution in [3.05, 3.63) is 127 Å². The summed E-state index contributed by atoms with van der Waals surface area (Å²) in [6, 6.07) is 34.5. The first-order valence-corrected chi connectivity index (χ1v) is 20.1. The number of methoxy groups -OCH3 is 1. The Bertz CT molecular complexity index is 2410. The number of aliphatic hydroxyl groups excluding tert-OH is 2. The maximum Gasteiger partial charge on any atom is 0.164 e. The molecule has 7 aromatic rings. The van der Waals surface area contributed by atoms with Crippen LogP contribution in [0, 0.1) is 5.92 Å². The van der Waals surface area contributed by atoms with Crippen LogP contribution in [-0.2, 0) is 6.42 Å². The summed E-state index contributed by atoms with van der Waals surface area (Å²) in [5.74, 6) is 3.00. The van der Waals surface area contributed by atoms with Gasteiger partial charge in [0.25, 0.3) is 0 Å². The van der Waals surface area contributed by atoms with E-state index in [0.717, 1.165) is 75.5 Å². The van der Waals surface area contributed by atoms with Crippen molar-refractivity contribution < 1.29 is 34.3 Å². The number of aromatic hydroxyl groups is 1. The summed E-state index contributed by atoms with van der Waals surface area (Å²) in [5.41, 5.74) is 4.71. The number of phenols is 1. The van der Waals surface area contributed by atoms with Crippen LogP contribution in [0.4, 0.5) is 0 Å². The molecule has 0 spiro atoms. The van der Waals surface area contributed by atoms with Crippen molar-refractivity contribution in [2.45, 2.75) is 37.5 Å². The number of nitrogens with zero attached hydrogens (tertiary/aromatic N) is 1. The van der Waals surface area contributed by atoms with Crippen molar-refractivity contribution in [3.8, 4) is 28.7 Å². The summed E-state index contributed by atoms with van der Waals surface area (Å²) in [4.78, 5) is 9.17. The van der Waals surface area contributed by atoms with Gasteiger partial charge in [-0.15, -0.1) is 0 Å². The highest BCUT2D eigenvalue weighted by Gasteiger charge is 2.28.